The third kappa shape index (κ3) is 13.1. The van der Waals surface area contributed by atoms with E-state index in [4.69, 9.17) is 0 Å². The maximum absolute atomic E-state index is 4.13. The summed E-state index contributed by atoms with van der Waals surface area (Å²) in [7, 11) is 0. The Bertz CT molecular complexity index is 180. The Kier molecular flexibility index (Phi) is 24.6. The SMILES string of the molecule is CC.CC.CC.CCc1cnc(C)cn1. The topological polar surface area (TPSA) is 25.8 Å². The van der Waals surface area contributed by atoms with E-state index in [0.29, 0.717) is 0 Å². The highest BCUT2D eigenvalue weighted by molar-refractivity contribution is 4.99. The summed E-state index contributed by atoms with van der Waals surface area (Å²) in [5, 5.41) is 0. The fourth-order valence-electron chi connectivity index (χ4n) is 0.602. The second-order valence-corrected chi connectivity index (χ2v) is 2.00. The lowest BCUT2D eigenvalue weighted by Crippen LogP contribution is -1.89. The van der Waals surface area contributed by atoms with Crippen LogP contribution in [0, 0.1) is 6.92 Å². The van der Waals surface area contributed by atoms with Gasteiger partial charge in [-0.25, -0.2) is 0 Å². The molecule has 0 saturated heterocycles. The van der Waals surface area contributed by atoms with Gasteiger partial charge in [-0.3, -0.25) is 9.97 Å². The normalized spacial score (nSPS) is 6.93. The molecule has 0 bridgehead atoms. The maximum Gasteiger partial charge on any atom is 0.0584 e. The van der Waals surface area contributed by atoms with Crippen molar-refractivity contribution in [1.29, 1.82) is 0 Å². The highest BCUT2D eigenvalue weighted by Gasteiger charge is 1.87. The van der Waals surface area contributed by atoms with E-state index in [1.807, 2.05) is 54.7 Å². The van der Waals surface area contributed by atoms with Gasteiger partial charge in [0.1, 0.15) is 0 Å². The molecule has 2 heteroatoms. The van der Waals surface area contributed by atoms with Crippen LogP contribution in [-0.4, -0.2) is 9.97 Å². The smallest absolute Gasteiger partial charge is 0.0584 e. The Labute approximate surface area is 96.2 Å². The third-order valence-corrected chi connectivity index (χ3v) is 1.20. The Morgan fingerprint density at radius 2 is 1.33 bits per heavy atom. The van der Waals surface area contributed by atoms with Crippen LogP contribution >= 0.6 is 0 Å². The summed E-state index contributed by atoms with van der Waals surface area (Å²) in [4.78, 5) is 8.22. The minimum Gasteiger partial charge on any atom is -0.258 e. The zero-order valence-electron chi connectivity index (χ0n) is 11.8. The first-order valence-corrected chi connectivity index (χ1v) is 6.10. The van der Waals surface area contributed by atoms with Gasteiger partial charge in [0, 0.05) is 12.4 Å². The lowest BCUT2D eigenvalue weighted by atomic mass is 10.3. The van der Waals surface area contributed by atoms with Crippen molar-refractivity contribution in [3.8, 4) is 0 Å². The quantitative estimate of drug-likeness (QED) is 0.688. The molecule has 1 heterocycles. The molecular weight excluding hydrogens is 184 g/mol. The van der Waals surface area contributed by atoms with Gasteiger partial charge in [-0.1, -0.05) is 48.5 Å². The molecule has 0 fully saturated rings. The minimum atomic E-state index is 0.966. The van der Waals surface area contributed by atoms with E-state index < -0.39 is 0 Å². The van der Waals surface area contributed by atoms with Gasteiger partial charge in [0.15, 0.2) is 0 Å². The summed E-state index contributed by atoms with van der Waals surface area (Å²) in [6, 6.07) is 0. The molecule has 0 spiro atoms. The summed E-state index contributed by atoms with van der Waals surface area (Å²) in [5.41, 5.74) is 2.04. The van der Waals surface area contributed by atoms with Crippen molar-refractivity contribution >= 4 is 0 Å². The van der Waals surface area contributed by atoms with Crippen molar-refractivity contribution in [2.24, 2.45) is 0 Å². The van der Waals surface area contributed by atoms with Crippen molar-refractivity contribution < 1.29 is 0 Å². The van der Waals surface area contributed by atoms with Gasteiger partial charge in [-0.15, -0.1) is 0 Å². The first kappa shape index (κ1) is 19.6. The molecule has 0 unspecified atom stereocenters. The van der Waals surface area contributed by atoms with Gasteiger partial charge in [0.05, 0.1) is 11.4 Å². The van der Waals surface area contributed by atoms with E-state index in [-0.39, 0.29) is 0 Å². The standard InChI is InChI=1S/C7H10N2.3C2H6/c1-3-7-5-8-6(2)4-9-7;3*1-2/h4-5H,3H2,1-2H3;3*1-2H3. The lowest BCUT2D eigenvalue weighted by Gasteiger charge is -1.92. The second kappa shape index (κ2) is 18.8. The molecule has 0 aliphatic heterocycles. The van der Waals surface area contributed by atoms with E-state index in [1.54, 1.807) is 6.20 Å². The summed E-state index contributed by atoms with van der Waals surface area (Å²) < 4.78 is 0. The van der Waals surface area contributed by atoms with Crippen LogP contribution in [0.5, 0.6) is 0 Å². The highest BCUT2D eigenvalue weighted by atomic mass is 14.8. The predicted molar refractivity (Wildman–Crippen MR) is 70.2 cm³/mol. The van der Waals surface area contributed by atoms with Crippen LogP contribution < -0.4 is 0 Å². The number of nitrogens with zero attached hydrogens (tertiary/aromatic N) is 2. The number of hydrogen-bond acceptors (Lipinski definition) is 2. The van der Waals surface area contributed by atoms with Gasteiger partial charge < -0.3 is 0 Å². The van der Waals surface area contributed by atoms with Crippen LogP contribution in [0.25, 0.3) is 0 Å². The lowest BCUT2D eigenvalue weighted by molar-refractivity contribution is 0.977. The largest absolute Gasteiger partial charge is 0.258 e. The molecule has 0 saturated carbocycles. The summed E-state index contributed by atoms with van der Waals surface area (Å²) in [6.07, 6.45) is 4.57. The fraction of sp³-hybridized carbons (Fsp3) is 0.692. The minimum absolute atomic E-state index is 0.966. The fourth-order valence-corrected chi connectivity index (χ4v) is 0.602. The van der Waals surface area contributed by atoms with Crippen LogP contribution in [0.2, 0.25) is 0 Å². The van der Waals surface area contributed by atoms with Gasteiger partial charge in [-0.2, -0.15) is 0 Å². The first-order chi connectivity index (χ1) is 7.33. The van der Waals surface area contributed by atoms with Crippen molar-refractivity contribution in [2.45, 2.75) is 61.8 Å². The molecular formula is C13H28N2. The molecule has 0 aromatic carbocycles. The number of aryl methyl sites for hydroxylation is 2. The summed E-state index contributed by atoms with van der Waals surface area (Å²) in [6.45, 7) is 16.0. The summed E-state index contributed by atoms with van der Waals surface area (Å²) >= 11 is 0. The van der Waals surface area contributed by atoms with Crippen LogP contribution in [-0.2, 0) is 6.42 Å². The molecule has 15 heavy (non-hydrogen) atoms. The maximum atomic E-state index is 4.13. The van der Waals surface area contributed by atoms with E-state index in [0.717, 1.165) is 17.8 Å². The van der Waals surface area contributed by atoms with Crippen LogP contribution in [0.15, 0.2) is 12.4 Å². The zero-order chi connectivity index (χ0) is 12.7. The van der Waals surface area contributed by atoms with Gasteiger partial charge in [-0.05, 0) is 13.3 Å². The molecule has 2 nitrogen and oxygen atoms in total. The average molecular weight is 212 g/mol. The van der Waals surface area contributed by atoms with E-state index in [9.17, 15) is 0 Å². The Hall–Kier alpha value is -0.920. The zero-order valence-corrected chi connectivity index (χ0v) is 11.8. The Balaban J connectivity index is -0.000000208. The molecule has 0 N–H and O–H groups in total. The molecule has 0 aliphatic carbocycles. The molecule has 0 aliphatic rings. The highest BCUT2D eigenvalue weighted by Crippen LogP contribution is 1.92. The predicted octanol–water partition coefficient (Wildman–Crippen LogP) is 4.43. The number of aromatic nitrogens is 2. The molecule has 1 aromatic rings. The van der Waals surface area contributed by atoms with Gasteiger partial charge >= 0.3 is 0 Å². The molecule has 0 radical (unpaired) electrons. The molecule has 90 valence electrons. The molecule has 1 aromatic heterocycles. The molecule has 0 amide bonds. The van der Waals surface area contributed by atoms with Crippen molar-refractivity contribution in [1.82, 2.24) is 9.97 Å². The van der Waals surface area contributed by atoms with E-state index in [2.05, 4.69) is 16.9 Å². The second-order valence-electron chi connectivity index (χ2n) is 2.00. The third-order valence-electron chi connectivity index (χ3n) is 1.20. The van der Waals surface area contributed by atoms with Crippen LogP contribution in [0.4, 0.5) is 0 Å². The van der Waals surface area contributed by atoms with Gasteiger partial charge in [0.2, 0.25) is 0 Å². The average Bonchev–Trinajstić information content (AvgIpc) is 2.38. The van der Waals surface area contributed by atoms with Gasteiger partial charge in [0.25, 0.3) is 0 Å². The van der Waals surface area contributed by atoms with Crippen molar-refractivity contribution in [2.75, 3.05) is 0 Å². The van der Waals surface area contributed by atoms with Crippen LogP contribution in [0.3, 0.4) is 0 Å². The summed E-state index contributed by atoms with van der Waals surface area (Å²) in [5.74, 6) is 0. The van der Waals surface area contributed by atoms with Crippen molar-refractivity contribution in [3.05, 3.63) is 23.8 Å². The molecule has 1 rings (SSSR count). The Morgan fingerprint density at radius 3 is 1.60 bits per heavy atom. The van der Waals surface area contributed by atoms with E-state index >= 15 is 0 Å². The monoisotopic (exact) mass is 212 g/mol. The van der Waals surface area contributed by atoms with Crippen molar-refractivity contribution in [3.63, 3.8) is 0 Å². The number of hydrogen-bond donors (Lipinski definition) is 0. The number of rotatable bonds is 1. The van der Waals surface area contributed by atoms with Crippen LogP contribution in [0.1, 0.15) is 59.9 Å². The molecule has 0 atom stereocenters. The Morgan fingerprint density at radius 1 is 0.867 bits per heavy atom. The first-order valence-electron chi connectivity index (χ1n) is 6.10. The van der Waals surface area contributed by atoms with E-state index in [1.165, 1.54) is 0 Å².